The maximum Gasteiger partial charge on any atom is 0.266 e. The maximum absolute atomic E-state index is 12.5. The van der Waals surface area contributed by atoms with Crippen molar-refractivity contribution in [3.8, 4) is 45.7 Å². The summed E-state index contributed by atoms with van der Waals surface area (Å²) in [4.78, 5) is 15.3. The zero-order valence-electron chi connectivity index (χ0n) is 14.6. The Morgan fingerprint density at radius 3 is 2.56 bits per heavy atom. The minimum atomic E-state index is -0.434. The van der Waals surface area contributed by atoms with Crippen LogP contribution in [0, 0.1) is 11.3 Å². The molecule has 1 aromatic heterocycles. The standard InChI is InChI=1S/C21H16N2O4/c1-2-25-15-6-3-13(4-7-15)16-10-18(23-21(24)17(16)11-22)14-5-8-19-20(9-14)27-12-26-19/h3-10H,2,12H2,1H3,(H,23,24). The molecular formula is C21H16N2O4. The Hall–Kier alpha value is -3.72. The summed E-state index contributed by atoms with van der Waals surface area (Å²) < 4.78 is 16.2. The van der Waals surface area contributed by atoms with Gasteiger partial charge in [-0.3, -0.25) is 4.79 Å². The van der Waals surface area contributed by atoms with E-state index in [1.54, 1.807) is 12.1 Å². The number of aromatic nitrogens is 1. The van der Waals surface area contributed by atoms with E-state index in [1.165, 1.54) is 0 Å². The largest absolute Gasteiger partial charge is 0.494 e. The number of rotatable bonds is 4. The number of ether oxygens (including phenoxy) is 3. The van der Waals surface area contributed by atoms with Crippen LogP contribution in [0.3, 0.4) is 0 Å². The molecule has 1 N–H and O–H groups in total. The molecule has 6 heteroatoms. The molecule has 134 valence electrons. The summed E-state index contributed by atoms with van der Waals surface area (Å²) in [5, 5.41) is 9.46. The van der Waals surface area contributed by atoms with Crippen LogP contribution in [0.4, 0.5) is 0 Å². The van der Waals surface area contributed by atoms with Crippen LogP contribution in [0.15, 0.2) is 53.3 Å². The summed E-state index contributed by atoms with van der Waals surface area (Å²) in [6, 6.07) is 16.6. The maximum atomic E-state index is 12.5. The van der Waals surface area contributed by atoms with Crippen molar-refractivity contribution in [3.05, 3.63) is 64.4 Å². The van der Waals surface area contributed by atoms with Crippen molar-refractivity contribution in [1.82, 2.24) is 4.98 Å². The molecule has 0 spiro atoms. The fourth-order valence-corrected chi connectivity index (χ4v) is 3.02. The quantitative estimate of drug-likeness (QED) is 0.767. The van der Waals surface area contributed by atoms with Gasteiger partial charge in [0, 0.05) is 16.8 Å². The molecule has 0 aliphatic carbocycles. The van der Waals surface area contributed by atoms with Crippen LogP contribution in [-0.2, 0) is 0 Å². The third kappa shape index (κ3) is 3.11. The second kappa shape index (κ2) is 6.89. The lowest BCUT2D eigenvalue weighted by atomic mass is 9.99. The van der Waals surface area contributed by atoms with E-state index in [-0.39, 0.29) is 12.4 Å². The van der Waals surface area contributed by atoms with E-state index in [4.69, 9.17) is 14.2 Å². The molecule has 2 aromatic carbocycles. The molecule has 0 amide bonds. The first-order valence-corrected chi connectivity index (χ1v) is 8.50. The summed E-state index contributed by atoms with van der Waals surface area (Å²) in [7, 11) is 0. The molecule has 2 heterocycles. The Labute approximate surface area is 155 Å². The topological polar surface area (TPSA) is 84.3 Å². The van der Waals surface area contributed by atoms with Crippen LogP contribution >= 0.6 is 0 Å². The Morgan fingerprint density at radius 2 is 1.81 bits per heavy atom. The van der Waals surface area contributed by atoms with E-state index in [1.807, 2.05) is 49.4 Å². The molecule has 0 unspecified atom stereocenters. The summed E-state index contributed by atoms with van der Waals surface area (Å²) in [6.07, 6.45) is 0. The van der Waals surface area contributed by atoms with Gasteiger partial charge < -0.3 is 19.2 Å². The van der Waals surface area contributed by atoms with Crippen molar-refractivity contribution in [3.63, 3.8) is 0 Å². The lowest BCUT2D eigenvalue weighted by Gasteiger charge is -2.10. The zero-order valence-corrected chi connectivity index (χ0v) is 14.6. The molecule has 4 rings (SSSR count). The van der Waals surface area contributed by atoms with Gasteiger partial charge in [-0.1, -0.05) is 12.1 Å². The summed E-state index contributed by atoms with van der Waals surface area (Å²) in [5.41, 5.74) is 2.34. The predicted molar refractivity (Wildman–Crippen MR) is 99.9 cm³/mol. The lowest BCUT2D eigenvalue weighted by Crippen LogP contribution is -2.12. The average Bonchev–Trinajstić information content (AvgIpc) is 3.16. The highest BCUT2D eigenvalue weighted by Gasteiger charge is 2.16. The number of nitriles is 1. The highest BCUT2D eigenvalue weighted by atomic mass is 16.7. The summed E-state index contributed by atoms with van der Waals surface area (Å²) >= 11 is 0. The normalized spacial score (nSPS) is 11.9. The fourth-order valence-electron chi connectivity index (χ4n) is 3.02. The SMILES string of the molecule is CCOc1ccc(-c2cc(-c3ccc4c(c3)OCO4)[nH]c(=O)c2C#N)cc1. The first kappa shape index (κ1) is 16.7. The van der Waals surface area contributed by atoms with E-state index >= 15 is 0 Å². The van der Waals surface area contributed by atoms with E-state index in [0.717, 1.165) is 16.9 Å². The van der Waals surface area contributed by atoms with E-state index in [2.05, 4.69) is 4.98 Å². The summed E-state index contributed by atoms with van der Waals surface area (Å²) in [5.74, 6) is 2.03. The second-order valence-electron chi connectivity index (χ2n) is 5.94. The van der Waals surface area contributed by atoms with E-state index in [0.29, 0.717) is 29.4 Å². The third-order valence-electron chi connectivity index (χ3n) is 4.30. The minimum absolute atomic E-state index is 0.0728. The van der Waals surface area contributed by atoms with E-state index < -0.39 is 5.56 Å². The Balaban J connectivity index is 1.82. The number of fused-ring (bicyclic) bond motifs is 1. The zero-order chi connectivity index (χ0) is 18.8. The second-order valence-corrected chi connectivity index (χ2v) is 5.94. The number of H-pyrrole nitrogens is 1. The van der Waals surface area contributed by atoms with Gasteiger partial charge in [0.2, 0.25) is 6.79 Å². The Morgan fingerprint density at radius 1 is 1.07 bits per heavy atom. The van der Waals surface area contributed by atoms with Gasteiger partial charge in [0.15, 0.2) is 11.5 Å². The molecule has 6 nitrogen and oxygen atoms in total. The highest BCUT2D eigenvalue weighted by Crippen LogP contribution is 2.36. The van der Waals surface area contributed by atoms with Gasteiger partial charge in [0.05, 0.1) is 6.61 Å². The molecule has 0 fully saturated rings. The number of nitrogens with zero attached hydrogens (tertiary/aromatic N) is 1. The van der Waals surface area contributed by atoms with Crippen LogP contribution < -0.4 is 19.8 Å². The van der Waals surface area contributed by atoms with Crippen molar-refractivity contribution >= 4 is 0 Å². The van der Waals surface area contributed by atoms with Crippen LogP contribution in [0.2, 0.25) is 0 Å². The van der Waals surface area contributed by atoms with Gasteiger partial charge >= 0.3 is 0 Å². The smallest absolute Gasteiger partial charge is 0.266 e. The van der Waals surface area contributed by atoms with Crippen molar-refractivity contribution in [1.29, 1.82) is 5.26 Å². The summed E-state index contributed by atoms with van der Waals surface area (Å²) in [6.45, 7) is 2.66. The lowest BCUT2D eigenvalue weighted by molar-refractivity contribution is 0.174. The van der Waals surface area contributed by atoms with Gasteiger partial charge in [0.1, 0.15) is 17.4 Å². The van der Waals surface area contributed by atoms with Crippen molar-refractivity contribution in [2.45, 2.75) is 6.92 Å². The van der Waals surface area contributed by atoms with Crippen LogP contribution in [0.1, 0.15) is 12.5 Å². The molecule has 1 aliphatic heterocycles. The molecular weight excluding hydrogens is 344 g/mol. The first-order chi connectivity index (χ1) is 13.2. The third-order valence-corrected chi connectivity index (χ3v) is 4.30. The van der Waals surface area contributed by atoms with Crippen molar-refractivity contribution in [2.24, 2.45) is 0 Å². The molecule has 3 aromatic rings. The highest BCUT2D eigenvalue weighted by molar-refractivity contribution is 5.76. The molecule has 0 atom stereocenters. The monoisotopic (exact) mass is 360 g/mol. The molecule has 0 saturated heterocycles. The van der Waals surface area contributed by atoms with E-state index in [9.17, 15) is 10.1 Å². The van der Waals surface area contributed by atoms with Crippen LogP contribution in [-0.4, -0.2) is 18.4 Å². The van der Waals surface area contributed by atoms with Crippen LogP contribution in [0.5, 0.6) is 17.2 Å². The number of hydrogen-bond donors (Lipinski definition) is 1. The average molecular weight is 360 g/mol. The Kier molecular flexibility index (Phi) is 4.27. The van der Waals surface area contributed by atoms with Gasteiger partial charge in [-0.05, 0) is 48.9 Å². The molecule has 0 bridgehead atoms. The number of benzene rings is 2. The van der Waals surface area contributed by atoms with Gasteiger partial charge in [-0.15, -0.1) is 0 Å². The van der Waals surface area contributed by atoms with Gasteiger partial charge in [-0.2, -0.15) is 5.26 Å². The van der Waals surface area contributed by atoms with Crippen molar-refractivity contribution in [2.75, 3.05) is 13.4 Å². The molecule has 0 saturated carbocycles. The van der Waals surface area contributed by atoms with Gasteiger partial charge in [0.25, 0.3) is 5.56 Å². The predicted octanol–water partition coefficient (Wildman–Crippen LogP) is 3.71. The van der Waals surface area contributed by atoms with Crippen molar-refractivity contribution < 1.29 is 14.2 Å². The van der Waals surface area contributed by atoms with Gasteiger partial charge in [-0.25, -0.2) is 0 Å². The van der Waals surface area contributed by atoms with Crippen LogP contribution in [0.25, 0.3) is 22.4 Å². The number of hydrogen-bond acceptors (Lipinski definition) is 5. The molecule has 1 aliphatic rings. The number of pyridine rings is 1. The molecule has 0 radical (unpaired) electrons. The number of aromatic amines is 1. The minimum Gasteiger partial charge on any atom is -0.494 e. The Bertz CT molecular complexity index is 1090. The fraction of sp³-hybridized carbons (Fsp3) is 0.143. The molecule has 27 heavy (non-hydrogen) atoms. The number of nitrogens with one attached hydrogen (secondary N) is 1. The first-order valence-electron chi connectivity index (χ1n) is 8.50.